The van der Waals surface area contributed by atoms with Crippen LogP contribution in [0.1, 0.15) is 44.9 Å². The number of benzene rings is 1. The molecule has 0 radical (unpaired) electrons. The Kier molecular flexibility index (Phi) is 2.41. The van der Waals surface area contributed by atoms with Gasteiger partial charge in [-0.3, -0.25) is 0 Å². The molecule has 4 rings (SSSR count). The Morgan fingerprint density at radius 3 is 2.90 bits per heavy atom. The van der Waals surface area contributed by atoms with Crippen molar-refractivity contribution in [3.63, 3.8) is 0 Å². The van der Waals surface area contributed by atoms with Crippen molar-refractivity contribution in [3.05, 3.63) is 46.1 Å². The third-order valence-electron chi connectivity index (χ3n) is 4.49. The van der Waals surface area contributed by atoms with E-state index in [-0.39, 0.29) is 5.69 Å². The number of nitrogens with zero attached hydrogens (tertiary/aromatic N) is 1. The number of nitrogen functional groups attached to an aromatic ring is 1. The highest BCUT2D eigenvalue weighted by atomic mass is 32.1. The second-order valence-corrected chi connectivity index (χ2v) is 6.59. The molecule has 0 bridgehead atoms. The van der Waals surface area contributed by atoms with Crippen molar-refractivity contribution in [1.82, 2.24) is 4.98 Å². The summed E-state index contributed by atoms with van der Waals surface area (Å²) in [6.45, 7) is 0. The Balaban J connectivity index is 1.70. The van der Waals surface area contributed by atoms with Crippen LogP contribution in [0, 0.1) is 5.92 Å². The highest BCUT2D eigenvalue weighted by Crippen LogP contribution is 2.65. The summed E-state index contributed by atoms with van der Waals surface area (Å²) in [5.41, 5.74) is 8.63. The Morgan fingerprint density at radius 2 is 2.15 bits per heavy atom. The number of thiazole rings is 1. The van der Waals surface area contributed by atoms with Gasteiger partial charge in [0.25, 0.3) is 0 Å². The second-order valence-electron chi connectivity index (χ2n) is 5.52. The summed E-state index contributed by atoms with van der Waals surface area (Å²) in [6, 6.07) is 8.55. The molecule has 5 heteroatoms. The monoisotopic (exact) mass is 286 g/mol. The fraction of sp³-hybridized carbons (Fsp3) is 0.333. The molecule has 3 unspecified atom stereocenters. The van der Waals surface area contributed by atoms with Crippen molar-refractivity contribution in [2.45, 2.75) is 24.7 Å². The molecule has 20 heavy (non-hydrogen) atoms. The van der Waals surface area contributed by atoms with Crippen LogP contribution in [0.5, 0.6) is 0 Å². The Bertz CT molecular complexity index is 710. The standard InChI is InChI=1S/C15H14N2O2S/c16-13-12(15(18)19)17-14(20-13)11-9-6-5-7-3-1-2-4-8(7)10(9)11/h1-4,9-11H,5-6,16H2,(H,18,19). The molecular weight excluding hydrogens is 272 g/mol. The SMILES string of the molecule is Nc1sc(C2C3CCc4ccccc4C32)nc1C(=O)O. The highest BCUT2D eigenvalue weighted by molar-refractivity contribution is 7.16. The van der Waals surface area contributed by atoms with E-state index in [9.17, 15) is 4.79 Å². The number of hydrogen-bond donors (Lipinski definition) is 2. The predicted octanol–water partition coefficient (Wildman–Crippen LogP) is 2.87. The van der Waals surface area contributed by atoms with Gasteiger partial charge in [0.1, 0.15) is 5.00 Å². The molecule has 1 aromatic heterocycles. The van der Waals surface area contributed by atoms with E-state index in [4.69, 9.17) is 10.8 Å². The number of carbonyl (C=O) groups is 1. The molecule has 0 aliphatic heterocycles. The van der Waals surface area contributed by atoms with Gasteiger partial charge >= 0.3 is 5.97 Å². The van der Waals surface area contributed by atoms with Crippen LogP contribution < -0.4 is 5.73 Å². The third-order valence-corrected chi connectivity index (χ3v) is 5.47. The predicted molar refractivity (Wildman–Crippen MR) is 77.2 cm³/mol. The first-order valence-corrected chi connectivity index (χ1v) is 7.55. The van der Waals surface area contributed by atoms with Crippen LogP contribution in [-0.4, -0.2) is 16.1 Å². The number of aromatic carboxylic acids is 1. The fourth-order valence-corrected chi connectivity index (χ4v) is 4.60. The van der Waals surface area contributed by atoms with E-state index in [1.807, 2.05) is 0 Å². The van der Waals surface area contributed by atoms with Gasteiger partial charge in [-0.1, -0.05) is 24.3 Å². The first-order valence-electron chi connectivity index (χ1n) is 6.74. The van der Waals surface area contributed by atoms with E-state index in [2.05, 4.69) is 29.2 Å². The van der Waals surface area contributed by atoms with Gasteiger partial charge in [-0.05, 0) is 35.8 Å². The molecule has 1 saturated carbocycles. The maximum absolute atomic E-state index is 11.1. The summed E-state index contributed by atoms with van der Waals surface area (Å²) >= 11 is 1.34. The smallest absolute Gasteiger partial charge is 0.357 e. The van der Waals surface area contributed by atoms with Gasteiger partial charge in [-0.15, -0.1) is 11.3 Å². The topological polar surface area (TPSA) is 76.2 Å². The van der Waals surface area contributed by atoms with Crippen molar-refractivity contribution < 1.29 is 9.90 Å². The quantitative estimate of drug-likeness (QED) is 0.890. The third kappa shape index (κ3) is 1.59. The van der Waals surface area contributed by atoms with Crippen LogP contribution in [0.3, 0.4) is 0 Å². The molecule has 2 aromatic rings. The van der Waals surface area contributed by atoms with E-state index in [0.29, 0.717) is 22.8 Å². The zero-order valence-electron chi connectivity index (χ0n) is 10.7. The summed E-state index contributed by atoms with van der Waals surface area (Å²) in [4.78, 5) is 15.3. The van der Waals surface area contributed by atoms with Gasteiger partial charge in [-0.25, -0.2) is 9.78 Å². The van der Waals surface area contributed by atoms with Crippen molar-refractivity contribution in [2.75, 3.05) is 5.73 Å². The fourth-order valence-electron chi connectivity index (χ4n) is 3.55. The van der Waals surface area contributed by atoms with Gasteiger partial charge in [0.05, 0.1) is 5.01 Å². The van der Waals surface area contributed by atoms with Crippen LogP contribution in [0.15, 0.2) is 24.3 Å². The molecule has 1 heterocycles. The van der Waals surface area contributed by atoms with Gasteiger partial charge < -0.3 is 10.8 Å². The highest BCUT2D eigenvalue weighted by Gasteiger charge is 2.55. The van der Waals surface area contributed by atoms with Crippen molar-refractivity contribution >= 4 is 22.3 Å². The van der Waals surface area contributed by atoms with Gasteiger partial charge in [0, 0.05) is 5.92 Å². The number of carboxylic acid groups (broad SMARTS) is 1. The molecule has 1 fully saturated rings. The molecule has 102 valence electrons. The average molecular weight is 286 g/mol. The first kappa shape index (κ1) is 11.9. The Labute approximate surface area is 120 Å². The van der Waals surface area contributed by atoms with Crippen molar-refractivity contribution in [2.24, 2.45) is 5.92 Å². The number of carboxylic acids is 1. The molecule has 0 spiro atoms. The zero-order chi connectivity index (χ0) is 13.9. The van der Waals surface area contributed by atoms with Gasteiger partial charge in [0.15, 0.2) is 5.69 Å². The number of aromatic nitrogens is 1. The van der Waals surface area contributed by atoms with Crippen LogP contribution in [0.2, 0.25) is 0 Å². The number of fused-ring (bicyclic) bond motifs is 3. The lowest BCUT2D eigenvalue weighted by Crippen LogP contribution is -2.00. The van der Waals surface area contributed by atoms with Gasteiger partial charge in [-0.2, -0.15) is 0 Å². The van der Waals surface area contributed by atoms with Crippen LogP contribution >= 0.6 is 11.3 Å². The number of rotatable bonds is 2. The summed E-state index contributed by atoms with van der Waals surface area (Å²) in [5, 5.41) is 10.3. The second kappa shape index (κ2) is 4.06. The van der Waals surface area contributed by atoms with Crippen molar-refractivity contribution in [3.8, 4) is 0 Å². The van der Waals surface area contributed by atoms with E-state index in [1.54, 1.807) is 0 Å². The Hall–Kier alpha value is -1.88. The largest absolute Gasteiger partial charge is 0.476 e. The first-order chi connectivity index (χ1) is 9.66. The lowest BCUT2D eigenvalue weighted by Gasteiger charge is -2.13. The van der Waals surface area contributed by atoms with Crippen LogP contribution in [-0.2, 0) is 6.42 Å². The number of nitrogens with two attached hydrogens (primary N) is 1. The normalized spacial score (nSPS) is 26.7. The number of aryl methyl sites for hydroxylation is 1. The summed E-state index contributed by atoms with van der Waals surface area (Å²) in [7, 11) is 0. The van der Waals surface area contributed by atoms with Gasteiger partial charge in [0.2, 0.25) is 0 Å². The van der Waals surface area contributed by atoms with E-state index < -0.39 is 5.97 Å². The average Bonchev–Trinajstić information content (AvgIpc) is 3.06. The van der Waals surface area contributed by atoms with Crippen LogP contribution in [0.4, 0.5) is 5.00 Å². The summed E-state index contributed by atoms with van der Waals surface area (Å²) < 4.78 is 0. The molecule has 2 aliphatic rings. The Morgan fingerprint density at radius 1 is 1.35 bits per heavy atom. The molecule has 4 nitrogen and oxygen atoms in total. The molecule has 0 amide bonds. The van der Waals surface area contributed by atoms with Crippen LogP contribution in [0.25, 0.3) is 0 Å². The molecule has 1 aromatic carbocycles. The molecular formula is C15H14N2O2S. The minimum Gasteiger partial charge on any atom is -0.476 e. The molecule has 3 atom stereocenters. The number of anilines is 1. The zero-order valence-corrected chi connectivity index (χ0v) is 11.6. The van der Waals surface area contributed by atoms with E-state index >= 15 is 0 Å². The molecule has 0 saturated heterocycles. The molecule has 3 N–H and O–H groups in total. The summed E-state index contributed by atoms with van der Waals surface area (Å²) in [6.07, 6.45) is 2.27. The summed E-state index contributed by atoms with van der Waals surface area (Å²) in [5.74, 6) is 0.442. The molecule has 2 aliphatic carbocycles. The number of hydrogen-bond acceptors (Lipinski definition) is 4. The lowest BCUT2D eigenvalue weighted by atomic mass is 9.92. The maximum Gasteiger partial charge on any atom is 0.357 e. The van der Waals surface area contributed by atoms with E-state index in [1.165, 1.54) is 22.5 Å². The minimum atomic E-state index is -1.03. The lowest BCUT2D eigenvalue weighted by molar-refractivity contribution is 0.0692. The maximum atomic E-state index is 11.1. The van der Waals surface area contributed by atoms with E-state index in [0.717, 1.165) is 17.8 Å². The van der Waals surface area contributed by atoms with Crippen molar-refractivity contribution in [1.29, 1.82) is 0 Å². The minimum absolute atomic E-state index is 0.0157.